The van der Waals surface area contributed by atoms with Gasteiger partial charge in [0, 0.05) is 30.6 Å². The Bertz CT molecular complexity index is 662. The van der Waals surface area contributed by atoms with Gasteiger partial charge in [-0.15, -0.1) is 0 Å². The molecule has 2 aromatic carbocycles. The van der Waals surface area contributed by atoms with Crippen molar-refractivity contribution in [2.24, 2.45) is 0 Å². The molecule has 2 rings (SSSR count). The van der Waals surface area contributed by atoms with Crippen LogP contribution in [0.2, 0.25) is 5.02 Å². The predicted molar refractivity (Wildman–Crippen MR) is 87.6 cm³/mol. The van der Waals surface area contributed by atoms with Crippen LogP contribution in [0.25, 0.3) is 0 Å². The number of carbonyl (C=O) groups excluding carboxylic acids is 1. The van der Waals surface area contributed by atoms with Crippen LogP contribution in [-0.4, -0.2) is 19.0 Å². The zero-order chi connectivity index (χ0) is 16.7. The minimum Gasteiger partial charge on any atom is -0.382 e. The van der Waals surface area contributed by atoms with Crippen molar-refractivity contribution in [2.45, 2.75) is 12.8 Å². The Morgan fingerprint density at radius 3 is 2.48 bits per heavy atom. The van der Waals surface area contributed by atoms with Gasteiger partial charge in [0.2, 0.25) is 5.91 Å². The number of rotatable bonds is 7. The molecule has 0 aliphatic rings. The average molecular weight is 339 g/mol. The highest BCUT2D eigenvalue weighted by Gasteiger charge is 2.05. The van der Waals surface area contributed by atoms with Gasteiger partial charge in [0.05, 0.1) is 5.69 Å². The van der Waals surface area contributed by atoms with Crippen LogP contribution < -0.4 is 10.6 Å². The first-order valence-corrected chi connectivity index (χ1v) is 7.62. The Kier molecular flexibility index (Phi) is 6.35. The van der Waals surface area contributed by atoms with Gasteiger partial charge in [-0.05, 0) is 36.2 Å². The molecular weight excluding hydrogens is 322 g/mol. The summed E-state index contributed by atoms with van der Waals surface area (Å²) >= 11 is 5.80. The number of halogens is 3. The minimum absolute atomic E-state index is 0.131. The molecule has 0 heterocycles. The summed E-state index contributed by atoms with van der Waals surface area (Å²) < 4.78 is 26.1. The van der Waals surface area contributed by atoms with E-state index in [1.807, 2.05) is 12.1 Å². The molecule has 2 N–H and O–H groups in total. The van der Waals surface area contributed by atoms with Crippen LogP contribution >= 0.6 is 11.6 Å². The van der Waals surface area contributed by atoms with Crippen molar-refractivity contribution in [3.63, 3.8) is 0 Å². The Morgan fingerprint density at radius 1 is 1.04 bits per heavy atom. The fraction of sp³-hybridized carbons (Fsp3) is 0.235. The van der Waals surface area contributed by atoms with Crippen molar-refractivity contribution >= 4 is 23.2 Å². The third kappa shape index (κ3) is 5.87. The van der Waals surface area contributed by atoms with Crippen LogP contribution in [0.1, 0.15) is 12.0 Å². The highest BCUT2D eigenvalue weighted by Crippen LogP contribution is 2.14. The molecular formula is C17H17ClF2N2O. The lowest BCUT2D eigenvalue weighted by Crippen LogP contribution is -2.27. The normalized spacial score (nSPS) is 10.4. The number of carbonyl (C=O) groups is 1. The summed E-state index contributed by atoms with van der Waals surface area (Å²) in [6, 6.07) is 10.7. The molecule has 23 heavy (non-hydrogen) atoms. The Hall–Kier alpha value is -2.14. The lowest BCUT2D eigenvalue weighted by Gasteiger charge is -2.08. The molecule has 6 heteroatoms. The SMILES string of the molecule is O=C(CCNc1ccc(F)cc1F)NCCc1ccc(Cl)cc1. The third-order valence-electron chi connectivity index (χ3n) is 3.25. The van der Waals surface area contributed by atoms with Crippen LogP contribution in [0.3, 0.4) is 0 Å². The molecule has 0 atom stereocenters. The summed E-state index contributed by atoms with van der Waals surface area (Å²) in [5.41, 5.74) is 1.27. The van der Waals surface area contributed by atoms with E-state index in [2.05, 4.69) is 10.6 Å². The van der Waals surface area contributed by atoms with Crippen molar-refractivity contribution in [2.75, 3.05) is 18.4 Å². The van der Waals surface area contributed by atoms with Gasteiger partial charge in [-0.25, -0.2) is 8.78 Å². The molecule has 1 amide bonds. The summed E-state index contributed by atoms with van der Waals surface area (Å²) in [5.74, 6) is -1.44. The van der Waals surface area contributed by atoms with E-state index in [-0.39, 0.29) is 24.6 Å². The Labute approximate surface area is 138 Å². The second-order valence-electron chi connectivity index (χ2n) is 5.03. The van der Waals surface area contributed by atoms with E-state index in [1.165, 1.54) is 6.07 Å². The summed E-state index contributed by atoms with van der Waals surface area (Å²) in [4.78, 5) is 11.7. The maximum Gasteiger partial charge on any atom is 0.221 e. The quantitative estimate of drug-likeness (QED) is 0.806. The fourth-order valence-corrected chi connectivity index (χ4v) is 2.16. The molecule has 0 unspecified atom stereocenters. The standard InChI is InChI=1S/C17H17ClF2N2O/c18-13-3-1-12(2-4-13)7-9-22-17(23)8-10-21-16-6-5-14(19)11-15(16)20/h1-6,11,21H,7-10H2,(H,22,23). The molecule has 122 valence electrons. The largest absolute Gasteiger partial charge is 0.382 e. The monoisotopic (exact) mass is 338 g/mol. The lowest BCUT2D eigenvalue weighted by atomic mass is 10.1. The highest BCUT2D eigenvalue weighted by molar-refractivity contribution is 6.30. The summed E-state index contributed by atoms with van der Waals surface area (Å²) in [5, 5.41) is 6.24. The molecule has 0 aliphatic carbocycles. The molecule has 0 radical (unpaired) electrons. The fourth-order valence-electron chi connectivity index (χ4n) is 2.03. The number of hydrogen-bond donors (Lipinski definition) is 2. The predicted octanol–water partition coefficient (Wildman–Crippen LogP) is 3.78. The van der Waals surface area contributed by atoms with Gasteiger partial charge in [-0.3, -0.25) is 4.79 Å². The number of benzene rings is 2. The zero-order valence-corrected chi connectivity index (χ0v) is 13.2. The highest BCUT2D eigenvalue weighted by atomic mass is 35.5. The van der Waals surface area contributed by atoms with Gasteiger partial charge in [0.15, 0.2) is 0 Å². The van der Waals surface area contributed by atoms with E-state index in [9.17, 15) is 13.6 Å². The maximum atomic E-state index is 13.4. The molecule has 0 spiro atoms. The first kappa shape index (κ1) is 17.2. The van der Waals surface area contributed by atoms with E-state index in [0.29, 0.717) is 18.0 Å². The summed E-state index contributed by atoms with van der Waals surface area (Å²) in [6.07, 6.45) is 0.917. The van der Waals surface area contributed by atoms with Crippen LogP contribution in [0.15, 0.2) is 42.5 Å². The van der Waals surface area contributed by atoms with Crippen molar-refractivity contribution < 1.29 is 13.6 Å². The first-order chi connectivity index (χ1) is 11.0. The maximum absolute atomic E-state index is 13.4. The van der Waals surface area contributed by atoms with Gasteiger partial charge in [-0.1, -0.05) is 23.7 Å². The van der Waals surface area contributed by atoms with Crippen molar-refractivity contribution in [3.05, 3.63) is 64.7 Å². The lowest BCUT2D eigenvalue weighted by molar-refractivity contribution is -0.120. The average Bonchev–Trinajstić information content (AvgIpc) is 2.51. The van der Waals surface area contributed by atoms with Gasteiger partial charge >= 0.3 is 0 Å². The van der Waals surface area contributed by atoms with Crippen LogP contribution in [0, 0.1) is 11.6 Å². The van der Waals surface area contributed by atoms with Crippen molar-refractivity contribution in [3.8, 4) is 0 Å². The van der Waals surface area contributed by atoms with Gasteiger partial charge in [-0.2, -0.15) is 0 Å². The molecule has 0 aliphatic heterocycles. The number of anilines is 1. The van der Waals surface area contributed by atoms with E-state index in [4.69, 9.17) is 11.6 Å². The van der Waals surface area contributed by atoms with Gasteiger partial charge in [0.1, 0.15) is 11.6 Å². The van der Waals surface area contributed by atoms with Crippen LogP contribution in [0.4, 0.5) is 14.5 Å². The van der Waals surface area contributed by atoms with Crippen molar-refractivity contribution in [1.29, 1.82) is 0 Å². The van der Waals surface area contributed by atoms with Crippen molar-refractivity contribution in [1.82, 2.24) is 5.32 Å². The van der Waals surface area contributed by atoms with E-state index >= 15 is 0 Å². The number of nitrogens with one attached hydrogen (secondary N) is 2. The smallest absolute Gasteiger partial charge is 0.221 e. The molecule has 0 saturated carbocycles. The number of amides is 1. The van der Waals surface area contributed by atoms with E-state index in [0.717, 1.165) is 17.7 Å². The molecule has 3 nitrogen and oxygen atoms in total. The topological polar surface area (TPSA) is 41.1 Å². The Balaban J connectivity index is 1.66. The molecule has 0 bridgehead atoms. The zero-order valence-electron chi connectivity index (χ0n) is 12.4. The number of hydrogen-bond acceptors (Lipinski definition) is 2. The third-order valence-corrected chi connectivity index (χ3v) is 3.50. The van der Waals surface area contributed by atoms with E-state index in [1.54, 1.807) is 12.1 Å². The minimum atomic E-state index is -0.673. The molecule has 2 aromatic rings. The Morgan fingerprint density at radius 2 is 1.78 bits per heavy atom. The molecule has 0 saturated heterocycles. The summed E-state index contributed by atoms with van der Waals surface area (Å²) in [7, 11) is 0. The summed E-state index contributed by atoms with van der Waals surface area (Å²) in [6.45, 7) is 0.792. The van der Waals surface area contributed by atoms with E-state index < -0.39 is 11.6 Å². The first-order valence-electron chi connectivity index (χ1n) is 7.24. The molecule has 0 aromatic heterocycles. The van der Waals surface area contributed by atoms with Gasteiger partial charge < -0.3 is 10.6 Å². The second kappa shape index (κ2) is 8.48. The second-order valence-corrected chi connectivity index (χ2v) is 5.46. The van der Waals surface area contributed by atoms with Crippen LogP contribution in [-0.2, 0) is 11.2 Å². The van der Waals surface area contributed by atoms with Crippen LogP contribution in [0.5, 0.6) is 0 Å². The van der Waals surface area contributed by atoms with Gasteiger partial charge in [0.25, 0.3) is 0 Å². The molecule has 0 fully saturated rings.